The lowest BCUT2D eigenvalue weighted by atomic mass is 9.99. The molecule has 4 heteroatoms. The third-order valence-corrected chi connectivity index (χ3v) is 5.74. The van der Waals surface area contributed by atoms with Crippen molar-refractivity contribution in [3.8, 4) is 5.75 Å². The van der Waals surface area contributed by atoms with E-state index in [1.807, 2.05) is 45.0 Å². The van der Waals surface area contributed by atoms with Crippen molar-refractivity contribution in [3.63, 3.8) is 0 Å². The lowest BCUT2D eigenvalue weighted by molar-refractivity contribution is -0.128. The van der Waals surface area contributed by atoms with Crippen molar-refractivity contribution in [2.75, 3.05) is 18.0 Å². The predicted molar refractivity (Wildman–Crippen MR) is 119 cm³/mol. The molecule has 0 saturated carbocycles. The molecule has 0 aliphatic carbocycles. The molecule has 1 amide bonds. The highest BCUT2D eigenvalue weighted by Gasteiger charge is 2.21. The Labute approximate surface area is 175 Å². The standard InChI is InChI=1S/C25H34N2O2/c1-5-24(29-23-14-8-18(2)9-15-23)25(28)26-20(4)21-10-12-22(13-11-21)27-16-6-7-19(3)17-27/h8-15,19-20,24H,5-7,16-17H2,1-4H3,(H,26,28)/t19-,20-,24-/m1/s1. The summed E-state index contributed by atoms with van der Waals surface area (Å²) >= 11 is 0. The van der Waals surface area contributed by atoms with Crippen LogP contribution in [0.2, 0.25) is 0 Å². The van der Waals surface area contributed by atoms with E-state index in [-0.39, 0.29) is 11.9 Å². The van der Waals surface area contributed by atoms with Crippen molar-refractivity contribution >= 4 is 11.6 Å². The number of hydrogen-bond donors (Lipinski definition) is 1. The second-order valence-corrected chi connectivity index (χ2v) is 8.34. The van der Waals surface area contributed by atoms with Crippen molar-refractivity contribution in [2.24, 2.45) is 5.92 Å². The van der Waals surface area contributed by atoms with Gasteiger partial charge in [-0.25, -0.2) is 0 Å². The number of carbonyl (C=O) groups is 1. The monoisotopic (exact) mass is 394 g/mol. The van der Waals surface area contributed by atoms with Gasteiger partial charge < -0.3 is 15.0 Å². The van der Waals surface area contributed by atoms with Crippen molar-refractivity contribution in [1.82, 2.24) is 5.32 Å². The lowest BCUT2D eigenvalue weighted by Gasteiger charge is -2.33. The maximum atomic E-state index is 12.7. The van der Waals surface area contributed by atoms with E-state index in [9.17, 15) is 4.79 Å². The number of aryl methyl sites for hydroxylation is 1. The molecule has 4 nitrogen and oxygen atoms in total. The van der Waals surface area contributed by atoms with Gasteiger partial charge in [-0.15, -0.1) is 0 Å². The van der Waals surface area contributed by atoms with Gasteiger partial charge >= 0.3 is 0 Å². The number of hydrogen-bond acceptors (Lipinski definition) is 3. The van der Waals surface area contributed by atoms with E-state index in [0.717, 1.165) is 30.3 Å². The number of nitrogens with one attached hydrogen (secondary N) is 1. The van der Waals surface area contributed by atoms with E-state index in [0.29, 0.717) is 6.42 Å². The fraction of sp³-hybridized carbons (Fsp3) is 0.480. The molecule has 156 valence electrons. The maximum Gasteiger partial charge on any atom is 0.261 e. The first-order valence-electron chi connectivity index (χ1n) is 10.8. The average molecular weight is 395 g/mol. The summed E-state index contributed by atoms with van der Waals surface area (Å²) in [5.74, 6) is 1.40. The predicted octanol–water partition coefficient (Wildman–Crippen LogP) is 5.27. The summed E-state index contributed by atoms with van der Waals surface area (Å²) in [6.45, 7) is 10.6. The van der Waals surface area contributed by atoms with Crippen molar-refractivity contribution < 1.29 is 9.53 Å². The van der Waals surface area contributed by atoms with Gasteiger partial charge in [-0.05, 0) is 68.9 Å². The minimum atomic E-state index is -0.491. The summed E-state index contributed by atoms with van der Waals surface area (Å²) in [6.07, 6.45) is 2.71. The molecule has 0 spiro atoms. The van der Waals surface area contributed by atoms with Crippen molar-refractivity contribution in [2.45, 2.75) is 59.1 Å². The zero-order valence-electron chi connectivity index (χ0n) is 18.2. The number of amides is 1. The molecule has 1 saturated heterocycles. The van der Waals surface area contributed by atoms with Gasteiger partial charge in [0.2, 0.25) is 0 Å². The second kappa shape index (κ2) is 9.82. The Kier molecular flexibility index (Phi) is 7.18. The first kappa shape index (κ1) is 21.2. The molecule has 1 heterocycles. The van der Waals surface area contributed by atoms with Crippen LogP contribution in [0.15, 0.2) is 48.5 Å². The van der Waals surface area contributed by atoms with Gasteiger partial charge in [-0.3, -0.25) is 4.79 Å². The molecule has 0 radical (unpaired) electrons. The molecule has 0 aromatic heterocycles. The van der Waals surface area contributed by atoms with Crippen LogP contribution in [-0.4, -0.2) is 25.1 Å². The van der Waals surface area contributed by atoms with Gasteiger partial charge in [0.15, 0.2) is 6.10 Å². The van der Waals surface area contributed by atoms with Crippen molar-refractivity contribution in [3.05, 3.63) is 59.7 Å². The molecule has 0 unspecified atom stereocenters. The van der Waals surface area contributed by atoms with E-state index in [4.69, 9.17) is 4.74 Å². The van der Waals surface area contributed by atoms with Crippen LogP contribution in [0.5, 0.6) is 5.75 Å². The highest BCUT2D eigenvalue weighted by Crippen LogP contribution is 2.25. The van der Waals surface area contributed by atoms with Gasteiger partial charge in [0.05, 0.1) is 6.04 Å². The third kappa shape index (κ3) is 5.75. The van der Waals surface area contributed by atoms with Gasteiger partial charge in [-0.2, -0.15) is 0 Å². The highest BCUT2D eigenvalue weighted by molar-refractivity contribution is 5.81. The number of ether oxygens (including phenoxy) is 1. The number of piperidine rings is 1. The van der Waals surface area contributed by atoms with Crippen molar-refractivity contribution in [1.29, 1.82) is 0 Å². The molecule has 1 aliphatic rings. The molecule has 1 N–H and O–H groups in total. The quantitative estimate of drug-likeness (QED) is 0.696. The summed E-state index contributed by atoms with van der Waals surface area (Å²) in [4.78, 5) is 15.2. The molecule has 3 atom stereocenters. The first-order valence-corrected chi connectivity index (χ1v) is 10.8. The smallest absolute Gasteiger partial charge is 0.261 e. The number of benzene rings is 2. The van der Waals surface area contributed by atoms with Crippen LogP contribution in [-0.2, 0) is 4.79 Å². The molecule has 1 aliphatic heterocycles. The second-order valence-electron chi connectivity index (χ2n) is 8.34. The van der Waals surface area contributed by atoms with Crippen LogP contribution in [0, 0.1) is 12.8 Å². The molecule has 0 bridgehead atoms. The van der Waals surface area contributed by atoms with Gasteiger partial charge in [0.1, 0.15) is 5.75 Å². The third-order valence-electron chi connectivity index (χ3n) is 5.74. The average Bonchev–Trinajstić information content (AvgIpc) is 2.73. The van der Waals surface area contributed by atoms with Crippen LogP contribution in [0.4, 0.5) is 5.69 Å². The largest absolute Gasteiger partial charge is 0.481 e. The van der Waals surface area contributed by atoms with E-state index >= 15 is 0 Å². The number of rotatable bonds is 7. The van der Waals surface area contributed by atoms with Crippen LogP contribution in [0.25, 0.3) is 0 Å². The summed E-state index contributed by atoms with van der Waals surface area (Å²) in [5.41, 5.74) is 3.55. The maximum absolute atomic E-state index is 12.7. The van der Waals surface area contributed by atoms with E-state index < -0.39 is 6.10 Å². The van der Waals surface area contributed by atoms with E-state index in [2.05, 4.69) is 41.4 Å². The summed E-state index contributed by atoms with van der Waals surface area (Å²) in [7, 11) is 0. The van der Waals surface area contributed by atoms with E-state index in [1.165, 1.54) is 24.1 Å². The molecule has 29 heavy (non-hydrogen) atoms. The number of anilines is 1. The SMILES string of the molecule is CC[C@@H](Oc1ccc(C)cc1)C(=O)N[C@H](C)c1ccc(N2CCC[C@@H](C)C2)cc1. The molecule has 2 aromatic rings. The normalized spacial score (nSPS) is 18.8. The summed E-state index contributed by atoms with van der Waals surface area (Å²) < 4.78 is 5.91. The summed E-state index contributed by atoms with van der Waals surface area (Å²) in [6, 6.07) is 16.4. The minimum absolute atomic E-state index is 0.0625. The Balaban J connectivity index is 1.58. The zero-order valence-corrected chi connectivity index (χ0v) is 18.2. The fourth-order valence-electron chi connectivity index (χ4n) is 3.89. The summed E-state index contributed by atoms with van der Waals surface area (Å²) in [5, 5.41) is 3.11. The van der Waals surface area contributed by atoms with E-state index in [1.54, 1.807) is 0 Å². The van der Waals surface area contributed by atoms with Crippen LogP contribution in [0.1, 0.15) is 57.2 Å². The Morgan fingerprint density at radius 1 is 1.17 bits per heavy atom. The van der Waals surface area contributed by atoms with Gasteiger partial charge in [0.25, 0.3) is 5.91 Å². The Bertz CT molecular complexity index is 785. The number of carbonyl (C=O) groups excluding carboxylic acids is 1. The van der Waals surface area contributed by atoms with Crippen LogP contribution >= 0.6 is 0 Å². The highest BCUT2D eigenvalue weighted by atomic mass is 16.5. The lowest BCUT2D eigenvalue weighted by Crippen LogP contribution is -2.39. The molecule has 1 fully saturated rings. The Hall–Kier alpha value is -2.49. The van der Waals surface area contributed by atoms with Crippen LogP contribution < -0.4 is 15.0 Å². The fourth-order valence-corrected chi connectivity index (χ4v) is 3.89. The topological polar surface area (TPSA) is 41.6 Å². The molecule has 2 aromatic carbocycles. The molecular weight excluding hydrogens is 360 g/mol. The van der Waals surface area contributed by atoms with Gasteiger partial charge in [0, 0.05) is 18.8 Å². The zero-order chi connectivity index (χ0) is 20.8. The molecular formula is C25H34N2O2. The Morgan fingerprint density at radius 3 is 2.48 bits per heavy atom. The first-order chi connectivity index (χ1) is 14.0. The Morgan fingerprint density at radius 2 is 1.86 bits per heavy atom. The van der Waals surface area contributed by atoms with Crippen LogP contribution in [0.3, 0.4) is 0 Å². The molecule has 3 rings (SSSR count). The minimum Gasteiger partial charge on any atom is -0.481 e. The number of nitrogens with zero attached hydrogens (tertiary/aromatic N) is 1. The van der Waals surface area contributed by atoms with Gasteiger partial charge in [-0.1, -0.05) is 43.7 Å².